The van der Waals surface area contributed by atoms with Crippen molar-refractivity contribution < 1.29 is 24.5 Å². The molecule has 2 aliphatic heterocycles. The van der Waals surface area contributed by atoms with Gasteiger partial charge in [0, 0.05) is 36.3 Å². The number of hydrogen-bond acceptors (Lipinski definition) is 9. The number of amides is 3. The molecule has 3 aliphatic rings. The van der Waals surface area contributed by atoms with E-state index in [2.05, 4.69) is 37.4 Å². The number of carbonyl (C=O) groups excluding carboxylic acids is 2. The maximum Gasteiger partial charge on any atom is 0.321 e. The lowest BCUT2D eigenvalue weighted by atomic mass is 9.94. The number of nitrogens with one attached hydrogen (secondary N) is 2. The summed E-state index contributed by atoms with van der Waals surface area (Å²) >= 11 is 6.00. The van der Waals surface area contributed by atoms with Crippen LogP contribution < -0.4 is 16.4 Å². The Bertz CT molecular complexity index is 1560. The van der Waals surface area contributed by atoms with E-state index in [0.717, 1.165) is 25.7 Å². The van der Waals surface area contributed by atoms with Gasteiger partial charge in [0.25, 0.3) is 5.91 Å². The molecule has 4 heterocycles. The highest BCUT2D eigenvalue weighted by Gasteiger charge is 2.48. The van der Waals surface area contributed by atoms with Crippen molar-refractivity contribution in [3.05, 3.63) is 41.4 Å². The fourth-order valence-corrected chi connectivity index (χ4v) is 5.37. The lowest BCUT2D eigenvalue weighted by Crippen LogP contribution is -2.43. The lowest BCUT2D eigenvalue weighted by Gasteiger charge is -2.31. The smallest absolute Gasteiger partial charge is 0.321 e. The monoisotopic (exact) mass is 594 g/mol. The third kappa shape index (κ3) is 5.98. The molecule has 1 saturated carbocycles. The number of urea groups is 1. The van der Waals surface area contributed by atoms with Gasteiger partial charge in [0.05, 0.1) is 6.33 Å². The van der Waals surface area contributed by atoms with Crippen LogP contribution in [-0.2, 0) is 9.53 Å². The fraction of sp³-hybridized carbons (Fsp3) is 0.464. The first-order valence-electron chi connectivity index (χ1n) is 13.9. The number of carbonyl (C=O) groups is 2. The Kier molecular flexibility index (Phi) is 7.87. The zero-order valence-corrected chi connectivity index (χ0v) is 23.4. The van der Waals surface area contributed by atoms with Gasteiger partial charge in [-0.25, -0.2) is 19.7 Å². The number of hydrogen-bond donors (Lipinski definition) is 5. The van der Waals surface area contributed by atoms with E-state index in [1.807, 2.05) is 0 Å². The second kappa shape index (κ2) is 11.7. The highest BCUT2D eigenvalue weighted by atomic mass is 35.5. The van der Waals surface area contributed by atoms with Crippen molar-refractivity contribution in [2.75, 3.05) is 24.1 Å². The molecule has 13 nitrogen and oxygen atoms in total. The van der Waals surface area contributed by atoms with Crippen LogP contribution in [0.25, 0.3) is 11.2 Å². The van der Waals surface area contributed by atoms with Gasteiger partial charge in [-0.3, -0.25) is 9.36 Å². The number of nitrogens with two attached hydrogens (primary N) is 1. The molecule has 42 heavy (non-hydrogen) atoms. The van der Waals surface area contributed by atoms with Gasteiger partial charge in [-0.1, -0.05) is 23.6 Å². The highest BCUT2D eigenvalue weighted by Crippen LogP contribution is 2.33. The van der Waals surface area contributed by atoms with Crippen LogP contribution >= 0.6 is 11.6 Å². The van der Waals surface area contributed by atoms with E-state index >= 15 is 0 Å². The quantitative estimate of drug-likeness (QED) is 0.274. The van der Waals surface area contributed by atoms with Crippen LogP contribution in [0, 0.1) is 17.8 Å². The SMILES string of the molecule is Nc1nc(C#CCC2CCN(C(=O)Nc3cccc(Cl)c3)CC2)nc2c1ncn2[C@@H]1O[C@H](C(=O)NC2CC2)[C@@H](O)[C@H]1O. The molecular weight excluding hydrogens is 564 g/mol. The summed E-state index contributed by atoms with van der Waals surface area (Å²) in [6, 6.07) is 6.96. The van der Waals surface area contributed by atoms with E-state index in [1.165, 1.54) is 10.9 Å². The molecule has 1 aliphatic carbocycles. The number of benzene rings is 1. The van der Waals surface area contributed by atoms with E-state index in [1.54, 1.807) is 29.2 Å². The summed E-state index contributed by atoms with van der Waals surface area (Å²) in [5, 5.41) is 27.4. The zero-order chi connectivity index (χ0) is 29.4. The van der Waals surface area contributed by atoms with Crippen LogP contribution in [0.5, 0.6) is 0 Å². The topological polar surface area (TPSA) is 181 Å². The maximum absolute atomic E-state index is 12.6. The molecule has 3 aromatic rings. The van der Waals surface area contributed by atoms with Gasteiger partial charge in [0.1, 0.15) is 17.7 Å². The molecular formula is C28H31ClN8O5. The van der Waals surface area contributed by atoms with Crippen LogP contribution in [0.1, 0.15) is 44.2 Å². The number of aromatic nitrogens is 4. The van der Waals surface area contributed by atoms with E-state index in [9.17, 15) is 19.8 Å². The molecule has 0 bridgehead atoms. The number of anilines is 2. The van der Waals surface area contributed by atoms with Crippen molar-refractivity contribution in [2.24, 2.45) is 5.92 Å². The Balaban J connectivity index is 1.08. The van der Waals surface area contributed by atoms with Crippen molar-refractivity contribution in [1.29, 1.82) is 0 Å². The van der Waals surface area contributed by atoms with Crippen LogP contribution in [0.2, 0.25) is 5.02 Å². The Hall–Kier alpha value is -3.96. The van der Waals surface area contributed by atoms with Gasteiger partial charge in [-0.15, -0.1) is 0 Å². The van der Waals surface area contributed by atoms with Gasteiger partial charge in [-0.2, -0.15) is 0 Å². The summed E-state index contributed by atoms with van der Waals surface area (Å²) in [6.07, 6.45) is 0.223. The van der Waals surface area contributed by atoms with Crippen molar-refractivity contribution >= 4 is 46.2 Å². The molecule has 2 saturated heterocycles. The first-order valence-corrected chi connectivity index (χ1v) is 14.3. The molecule has 6 N–H and O–H groups in total. The number of rotatable bonds is 5. The first-order chi connectivity index (χ1) is 20.3. The molecule has 6 rings (SSSR count). The number of aliphatic hydroxyl groups excluding tert-OH is 2. The molecule has 0 radical (unpaired) electrons. The summed E-state index contributed by atoms with van der Waals surface area (Å²) in [5.74, 6) is 6.22. The molecule has 3 amide bonds. The number of likely N-dealkylation sites (tertiary alicyclic amines) is 1. The molecule has 0 unspecified atom stereocenters. The van der Waals surface area contributed by atoms with E-state index in [0.29, 0.717) is 41.7 Å². The number of imidazole rings is 1. The van der Waals surface area contributed by atoms with Crippen LogP contribution in [0.15, 0.2) is 30.6 Å². The Labute approximate surface area is 246 Å². The Morgan fingerprint density at radius 2 is 1.93 bits per heavy atom. The minimum atomic E-state index is -1.42. The third-order valence-electron chi connectivity index (χ3n) is 7.71. The summed E-state index contributed by atoms with van der Waals surface area (Å²) in [4.78, 5) is 39.9. The van der Waals surface area contributed by atoms with Gasteiger partial charge in [0.15, 0.2) is 23.8 Å². The lowest BCUT2D eigenvalue weighted by molar-refractivity contribution is -0.137. The van der Waals surface area contributed by atoms with E-state index in [-0.39, 0.29) is 29.4 Å². The number of aliphatic hydroxyl groups is 2. The van der Waals surface area contributed by atoms with Crippen LogP contribution in [0.3, 0.4) is 0 Å². The molecule has 14 heteroatoms. The summed E-state index contributed by atoms with van der Waals surface area (Å²) in [5.41, 5.74) is 7.34. The molecule has 2 aromatic heterocycles. The fourth-order valence-electron chi connectivity index (χ4n) is 5.18. The normalized spacial score (nSPS) is 24.3. The molecule has 4 atom stereocenters. The largest absolute Gasteiger partial charge is 0.387 e. The summed E-state index contributed by atoms with van der Waals surface area (Å²) in [6.45, 7) is 1.23. The minimum absolute atomic E-state index is 0.0824. The van der Waals surface area contributed by atoms with Gasteiger partial charge < -0.3 is 36.2 Å². The second-order valence-corrected chi connectivity index (χ2v) is 11.3. The number of nitrogen functional groups attached to an aromatic ring is 1. The minimum Gasteiger partial charge on any atom is -0.387 e. The number of piperidine rings is 1. The van der Waals surface area contributed by atoms with Crippen molar-refractivity contribution in [2.45, 2.75) is 62.7 Å². The summed E-state index contributed by atoms with van der Waals surface area (Å²) < 4.78 is 7.20. The van der Waals surface area contributed by atoms with Crippen LogP contribution in [-0.4, -0.2) is 84.0 Å². The Morgan fingerprint density at radius 1 is 1.14 bits per heavy atom. The first kappa shape index (κ1) is 28.2. The van der Waals surface area contributed by atoms with Crippen molar-refractivity contribution in [1.82, 2.24) is 29.7 Å². The number of nitrogens with zero attached hydrogens (tertiary/aromatic N) is 5. The van der Waals surface area contributed by atoms with E-state index in [4.69, 9.17) is 22.1 Å². The second-order valence-electron chi connectivity index (χ2n) is 10.8. The number of ether oxygens (including phenoxy) is 1. The molecule has 1 aromatic carbocycles. The maximum atomic E-state index is 12.6. The number of fused-ring (bicyclic) bond motifs is 1. The van der Waals surface area contributed by atoms with Crippen molar-refractivity contribution in [3.63, 3.8) is 0 Å². The average molecular weight is 595 g/mol. The summed E-state index contributed by atoms with van der Waals surface area (Å²) in [7, 11) is 0. The van der Waals surface area contributed by atoms with Crippen LogP contribution in [0.4, 0.5) is 16.3 Å². The van der Waals surface area contributed by atoms with Crippen molar-refractivity contribution in [3.8, 4) is 11.8 Å². The average Bonchev–Trinajstić information content (AvgIpc) is 3.60. The standard InChI is InChI=1S/C28H31ClN8O5/c29-16-4-2-5-18(13-16)33-28(41)36-11-9-15(10-12-36)3-1-6-19-34-24(30)20-25(35-19)37(14-31-20)27-22(39)21(38)23(42-27)26(40)32-17-7-8-17/h2,4-5,13-15,17,21-23,27,38-39H,3,7-12H2,(H,32,40)(H,33,41)(H2,30,34,35)/t21-,22+,23-,27+/m0/s1. The third-order valence-corrected chi connectivity index (χ3v) is 7.95. The zero-order valence-electron chi connectivity index (χ0n) is 22.6. The molecule has 0 spiro atoms. The van der Waals surface area contributed by atoms with Gasteiger partial charge in [0.2, 0.25) is 5.82 Å². The number of halogens is 1. The van der Waals surface area contributed by atoms with E-state index < -0.39 is 30.4 Å². The predicted octanol–water partition coefficient (Wildman–Crippen LogP) is 1.65. The predicted molar refractivity (Wildman–Crippen MR) is 153 cm³/mol. The highest BCUT2D eigenvalue weighted by molar-refractivity contribution is 6.30. The Morgan fingerprint density at radius 3 is 2.67 bits per heavy atom. The molecule has 3 fully saturated rings. The van der Waals surface area contributed by atoms with Gasteiger partial charge in [-0.05, 0) is 55.7 Å². The molecule has 220 valence electrons. The van der Waals surface area contributed by atoms with Gasteiger partial charge >= 0.3 is 6.03 Å².